The first-order chi connectivity index (χ1) is 6.10. The third-order valence-corrected chi connectivity index (χ3v) is 2.09. The zero-order chi connectivity index (χ0) is 9.90. The summed E-state index contributed by atoms with van der Waals surface area (Å²) in [5.74, 6) is 0.817. The summed E-state index contributed by atoms with van der Waals surface area (Å²) in [6, 6.07) is 9.83. The smallest absolute Gasteiger partial charge is 0.118 e. The molecule has 0 aliphatic rings. The molecule has 0 unspecified atom stereocenters. The molecule has 13 heavy (non-hydrogen) atoms. The molecule has 0 aliphatic carbocycles. The Morgan fingerprint density at radius 3 is 2.15 bits per heavy atom. The molecule has 0 atom stereocenters. The third-order valence-electron chi connectivity index (χ3n) is 2.09. The highest BCUT2D eigenvalue weighted by Gasteiger charge is 2.18. The molecule has 0 aromatic heterocycles. The minimum Gasteiger partial charge on any atom is -0.497 e. The van der Waals surface area contributed by atoms with Gasteiger partial charge in [-0.1, -0.05) is 12.1 Å². The van der Waals surface area contributed by atoms with Gasteiger partial charge in [-0.3, -0.25) is 0 Å². The van der Waals surface area contributed by atoms with Crippen LogP contribution in [0.15, 0.2) is 24.3 Å². The molecular weight excluding hydrogens is 162 g/mol. The molecule has 1 aromatic rings. The predicted octanol–water partition coefficient (Wildman–Crippen LogP) is 2.50. The van der Waals surface area contributed by atoms with Crippen molar-refractivity contribution in [1.29, 1.82) is 5.26 Å². The maximum atomic E-state index is 8.89. The van der Waals surface area contributed by atoms with Crippen molar-refractivity contribution in [3.05, 3.63) is 29.8 Å². The van der Waals surface area contributed by atoms with Crippen molar-refractivity contribution >= 4 is 0 Å². The summed E-state index contributed by atoms with van der Waals surface area (Å²) in [4.78, 5) is 0. The molecule has 0 N–H and O–H groups in total. The van der Waals surface area contributed by atoms with E-state index in [1.54, 1.807) is 7.11 Å². The fraction of sp³-hybridized carbons (Fsp3) is 0.364. The normalized spacial score (nSPS) is 10.6. The van der Waals surface area contributed by atoms with Crippen molar-refractivity contribution in [2.24, 2.45) is 0 Å². The number of nitrogens with zero attached hydrogens (tertiary/aromatic N) is 1. The minimum atomic E-state index is -0.424. The van der Waals surface area contributed by atoms with E-state index in [-0.39, 0.29) is 0 Å². The van der Waals surface area contributed by atoms with E-state index in [2.05, 4.69) is 6.07 Å². The van der Waals surface area contributed by atoms with Gasteiger partial charge in [0.25, 0.3) is 0 Å². The lowest BCUT2D eigenvalue weighted by atomic mass is 9.86. The molecule has 0 radical (unpaired) electrons. The predicted molar refractivity (Wildman–Crippen MR) is 51.6 cm³/mol. The Kier molecular flexibility index (Phi) is 2.57. The van der Waals surface area contributed by atoms with Gasteiger partial charge in [0, 0.05) is 0 Å². The van der Waals surface area contributed by atoms with Gasteiger partial charge in [0.05, 0.1) is 18.6 Å². The summed E-state index contributed by atoms with van der Waals surface area (Å²) in [7, 11) is 1.63. The Hall–Kier alpha value is -1.49. The fourth-order valence-electron chi connectivity index (χ4n) is 1.07. The van der Waals surface area contributed by atoms with Gasteiger partial charge in [0.1, 0.15) is 5.75 Å². The first-order valence-corrected chi connectivity index (χ1v) is 4.16. The van der Waals surface area contributed by atoms with E-state index < -0.39 is 5.41 Å². The maximum absolute atomic E-state index is 8.89. The second-order valence-electron chi connectivity index (χ2n) is 3.47. The van der Waals surface area contributed by atoms with Gasteiger partial charge in [-0.15, -0.1) is 0 Å². The van der Waals surface area contributed by atoms with Crippen molar-refractivity contribution in [2.75, 3.05) is 7.11 Å². The van der Waals surface area contributed by atoms with Crippen LogP contribution in [-0.2, 0) is 5.41 Å². The van der Waals surface area contributed by atoms with E-state index in [0.717, 1.165) is 11.3 Å². The van der Waals surface area contributed by atoms with Gasteiger partial charge >= 0.3 is 0 Å². The zero-order valence-corrected chi connectivity index (χ0v) is 8.16. The summed E-state index contributed by atoms with van der Waals surface area (Å²) < 4.78 is 5.03. The molecule has 0 saturated carbocycles. The van der Waals surface area contributed by atoms with E-state index >= 15 is 0 Å². The quantitative estimate of drug-likeness (QED) is 0.691. The lowest BCUT2D eigenvalue weighted by molar-refractivity contribution is 0.414. The molecular formula is C11H13NO. The largest absolute Gasteiger partial charge is 0.497 e. The van der Waals surface area contributed by atoms with Gasteiger partial charge < -0.3 is 4.74 Å². The van der Waals surface area contributed by atoms with Gasteiger partial charge in [-0.25, -0.2) is 0 Å². The molecule has 0 heterocycles. The van der Waals surface area contributed by atoms with Crippen LogP contribution in [0.5, 0.6) is 5.75 Å². The van der Waals surface area contributed by atoms with Gasteiger partial charge in [0.2, 0.25) is 0 Å². The average molecular weight is 175 g/mol. The molecule has 0 fully saturated rings. The minimum absolute atomic E-state index is 0.424. The lowest BCUT2D eigenvalue weighted by Gasteiger charge is -2.15. The SMILES string of the molecule is COc1ccc(C(C)(C)C#N)cc1. The highest BCUT2D eigenvalue weighted by molar-refractivity contribution is 5.34. The molecule has 1 rings (SSSR count). The van der Waals surface area contributed by atoms with Crippen LogP contribution in [0.4, 0.5) is 0 Å². The van der Waals surface area contributed by atoms with Crippen molar-refractivity contribution < 1.29 is 4.74 Å². The Morgan fingerprint density at radius 1 is 1.23 bits per heavy atom. The standard InChI is InChI=1S/C11H13NO/c1-11(2,8-12)9-4-6-10(13-3)7-5-9/h4-7H,1-3H3. The van der Waals surface area contributed by atoms with Crippen LogP contribution in [0.3, 0.4) is 0 Å². The van der Waals surface area contributed by atoms with Gasteiger partial charge in [-0.05, 0) is 31.5 Å². The number of hydrogen-bond acceptors (Lipinski definition) is 2. The number of hydrogen-bond donors (Lipinski definition) is 0. The van der Waals surface area contributed by atoms with Crippen molar-refractivity contribution in [1.82, 2.24) is 0 Å². The molecule has 2 nitrogen and oxygen atoms in total. The second kappa shape index (κ2) is 3.49. The number of benzene rings is 1. The summed E-state index contributed by atoms with van der Waals surface area (Å²) in [6.45, 7) is 3.80. The highest BCUT2D eigenvalue weighted by Crippen LogP contribution is 2.23. The molecule has 0 amide bonds. The van der Waals surface area contributed by atoms with E-state index in [9.17, 15) is 0 Å². The molecule has 68 valence electrons. The van der Waals surface area contributed by atoms with Gasteiger partial charge in [-0.2, -0.15) is 5.26 Å². The first-order valence-electron chi connectivity index (χ1n) is 4.16. The molecule has 2 heteroatoms. The highest BCUT2D eigenvalue weighted by atomic mass is 16.5. The molecule has 0 aliphatic heterocycles. The Balaban J connectivity index is 3.00. The molecule has 1 aromatic carbocycles. The van der Waals surface area contributed by atoms with E-state index in [1.165, 1.54) is 0 Å². The monoisotopic (exact) mass is 175 g/mol. The van der Waals surface area contributed by atoms with Gasteiger partial charge in [0.15, 0.2) is 0 Å². The van der Waals surface area contributed by atoms with Crippen LogP contribution in [-0.4, -0.2) is 7.11 Å². The summed E-state index contributed by atoms with van der Waals surface area (Å²) in [6.07, 6.45) is 0. The van der Waals surface area contributed by atoms with Crippen LogP contribution in [0.2, 0.25) is 0 Å². The average Bonchev–Trinajstić information content (AvgIpc) is 2.18. The van der Waals surface area contributed by atoms with E-state index in [4.69, 9.17) is 10.00 Å². The summed E-state index contributed by atoms with van der Waals surface area (Å²) >= 11 is 0. The topological polar surface area (TPSA) is 33.0 Å². The Labute approximate surface area is 78.8 Å². The lowest BCUT2D eigenvalue weighted by Crippen LogP contribution is -2.13. The van der Waals surface area contributed by atoms with Crippen molar-refractivity contribution in [2.45, 2.75) is 19.3 Å². The zero-order valence-electron chi connectivity index (χ0n) is 8.16. The number of rotatable bonds is 2. The number of methoxy groups -OCH3 is 1. The van der Waals surface area contributed by atoms with Crippen LogP contribution >= 0.6 is 0 Å². The van der Waals surface area contributed by atoms with Crippen LogP contribution in [0, 0.1) is 11.3 Å². The fourth-order valence-corrected chi connectivity index (χ4v) is 1.07. The summed E-state index contributed by atoms with van der Waals surface area (Å²) in [5.41, 5.74) is 0.586. The molecule has 0 saturated heterocycles. The number of ether oxygens (including phenoxy) is 1. The first kappa shape index (κ1) is 9.60. The van der Waals surface area contributed by atoms with E-state index in [0.29, 0.717) is 0 Å². The summed E-state index contributed by atoms with van der Waals surface area (Å²) in [5, 5.41) is 8.89. The van der Waals surface area contributed by atoms with E-state index in [1.807, 2.05) is 38.1 Å². The third kappa shape index (κ3) is 2.00. The Morgan fingerprint density at radius 2 is 1.77 bits per heavy atom. The molecule has 0 bridgehead atoms. The molecule has 0 spiro atoms. The van der Waals surface area contributed by atoms with Crippen LogP contribution < -0.4 is 4.74 Å². The van der Waals surface area contributed by atoms with Crippen molar-refractivity contribution in [3.63, 3.8) is 0 Å². The maximum Gasteiger partial charge on any atom is 0.118 e. The number of nitriles is 1. The van der Waals surface area contributed by atoms with Crippen molar-refractivity contribution in [3.8, 4) is 11.8 Å². The van der Waals surface area contributed by atoms with Crippen LogP contribution in [0.1, 0.15) is 19.4 Å². The second-order valence-corrected chi connectivity index (χ2v) is 3.47. The van der Waals surface area contributed by atoms with Crippen LogP contribution in [0.25, 0.3) is 0 Å². The Bertz CT molecular complexity index is 319.